The van der Waals surface area contributed by atoms with Gasteiger partial charge in [0.05, 0.1) is 10.7 Å². The van der Waals surface area contributed by atoms with Crippen LogP contribution in [-0.2, 0) is 5.41 Å². The summed E-state index contributed by atoms with van der Waals surface area (Å²) >= 11 is 12.0. The van der Waals surface area contributed by atoms with Gasteiger partial charge in [-0.05, 0) is 18.2 Å². The highest BCUT2D eigenvalue weighted by Gasteiger charge is 2.18. The molecule has 0 atom stereocenters. The topological polar surface area (TPSA) is 28.7 Å². The molecular formula is C13H14Cl2N2. The van der Waals surface area contributed by atoms with E-state index in [0.717, 1.165) is 17.1 Å². The number of benzene rings is 1. The van der Waals surface area contributed by atoms with Crippen molar-refractivity contribution < 1.29 is 0 Å². The predicted octanol–water partition coefficient (Wildman–Crippen LogP) is 4.68. The first-order valence-electron chi connectivity index (χ1n) is 5.39. The second kappa shape index (κ2) is 4.35. The Kier molecular flexibility index (Phi) is 3.19. The number of rotatable bonds is 1. The minimum atomic E-state index is -0.00283. The Balaban J connectivity index is 2.44. The Bertz CT molecular complexity index is 539. The van der Waals surface area contributed by atoms with Crippen molar-refractivity contribution in [3.63, 3.8) is 0 Å². The molecule has 0 radical (unpaired) electrons. The Morgan fingerprint density at radius 1 is 1.18 bits per heavy atom. The summed E-state index contributed by atoms with van der Waals surface area (Å²) in [4.78, 5) is 7.74. The van der Waals surface area contributed by atoms with E-state index in [9.17, 15) is 0 Å². The summed E-state index contributed by atoms with van der Waals surface area (Å²) in [5.74, 6) is 0.943. The molecule has 0 unspecified atom stereocenters. The van der Waals surface area contributed by atoms with Gasteiger partial charge in [0.1, 0.15) is 5.82 Å². The van der Waals surface area contributed by atoms with Crippen molar-refractivity contribution in [2.24, 2.45) is 0 Å². The van der Waals surface area contributed by atoms with Crippen LogP contribution in [0, 0.1) is 0 Å². The molecule has 0 amide bonds. The highest BCUT2D eigenvalue weighted by Crippen LogP contribution is 2.30. The molecule has 90 valence electrons. The highest BCUT2D eigenvalue weighted by molar-refractivity contribution is 6.36. The number of nitrogens with one attached hydrogen (secondary N) is 1. The molecule has 17 heavy (non-hydrogen) atoms. The molecule has 2 nitrogen and oxygen atoms in total. The van der Waals surface area contributed by atoms with E-state index in [1.807, 2.05) is 18.3 Å². The Morgan fingerprint density at radius 2 is 1.88 bits per heavy atom. The van der Waals surface area contributed by atoms with Crippen LogP contribution in [0.3, 0.4) is 0 Å². The van der Waals surface area contributed by atoms with Gasteiger partial charge < -0.3 is 4.98 Å². The van der Waals surface area contributed by atoms with E-state index in [1.54, 1.807) is 6.07 Å². The monoisotopic (exact) mass is 268 g/mol. The lowest BCUT2D eigenvalue weighted by Gasteiger charge is -2.13. The quantitative estimate of drug-likeness (QED) is 0.799. The van der Waals surface area contributed by atoms with Crippen molar-refractivity contribution in [2.75, 3.05) is 0 Å². The van der Waals surface area contributed by atoms with E-state index in [1.165, 1.54) is 0 Å². The fourth-order valence-electron chi connectivity index (χ4n) is 1.54. The average Bonchev–Trinajstić information content (AvgIpc) is 2.65. The number of halogens is 2. The third-order valence-corrected chi connectivity index (χ3v) is 3.04. The molecule has 0 bridgehead atoms. The first kappa shape index (κ1) is 12.5. The number of aromatic nitrogens is 2. The maximum atomic E-state index is 6.15. The van der Waals surface area contributed by atoms with Crippen LogP contribution in [0.25, 0.3) is 11.3 Å². The van der Waals surface area contributed by atoms with Gasteiger partial charge in [-0.25, -0.2) is 4.98 Å². The molecule has 0 fully saturated rings. The van der Waals surface area contributed by atoms with Crippen molar-refractivity contribution in [3.05, 3.63) is 40.3 Å². The summed E-state index contributed by atoms with van der Waals surface area (Å²) in [6, 6.07) is 5.42. The Hall–Kier alpha value is -0.990. The number of hydrogen-bond acceptors (Lipinski definition) is 1. The van der Waals surface area contributed by atoms with Crippen LogP contribution >= 0.6 is 23.2 Å². The summed E-state index contributed by atoms with van der Waals surface area (Å²) in [5.41, 5.74) is 1.73. The average molecular weight is 269 g/mol. The van der Waals surface area contributed by atoms with E-state index < -0.39 is 0 Å². The molecule has 0 aliphatic rings. The minimum absolute atomic E-state index is 0.00283. The normalized spacial score (nSPS) is 11.8. The second-order valence-corrected chi connectivity index (χ2v) is 5.85. The second-order valence-electron chi connectivity index (χ2n) is 5.01. The van der Waals surface area contributed by atoms with Crippen LogP contribution in [0.5, 0.6) is 0 Å². The van der Waals surface area contributed by atoms with Gasteiger partial charge in [0.15, 0.2) is 0 Å². The van der Waals surface area contributed by atoms with Crippen molar-refractivity contribution in [3.8, 4) is 11.3 Å². The van der Waals surface area contributed by atoms with Crippen LogP contribution < -0.4 is 0 Å². The van der Waals surface area contributed by atoms with E-state index in [-0.39, 0.29) is 5.41 Å². The fraction of sp³-hybridized carbons (Fsp3) is 0.308. The van der Waals surface area contributed by atoms with E-state index in [2.05, 4.69) is 30.7 Å². The Morgan fingerprint density at radius 3 is 2.41 bits per heavy atom. The van der Waals surface area contributed by atoms with Crippen molar-refractivity contribution in [1.29, 1.82) is 0 Å². The number of imidazole rings is 1. The molecule has 2 rings (SSSR count). The largest absolute Gasteiger partial charge is 0.348 e. The number of nitrogens with zero attached hydrogens (tertiary/aromatic N) is 1. The molecule has 0 spiro atoms. The maximum absolute atomic E-state index is 6.15. The SMILES string of the molecule is CC(C)(C)c1nc(-c2ccc(Cl)cc2Cl)c[nH]1. The molecule has 2 aromatic rings. The number of H-pyrrole nitrogens is 1. The summed E-state index contributed by atoms with van der Waals surface area (Å²) in [5, 5.41) is 1.25. The molecule has 0 aliphatic heterocycles. The van der Waals surface area contributed by atoms with Crippen molar-refractivity contribution in [1.82, 2.24) is 9.97 Å². The zero-order valence-corrected chi connectivity index (χ0v) is 11.5. The lowest BCUT2D eigenvalue weighted by atomic mass is 9.96. The summed E-state index contributed by atoms with van der Waals surface area (Å²) in [6.07, 6.45) is 1.87. The minimum Gasteiger partial charge on any atom is -0.348 e. The first-order chi connectivity index (χ1) is 7.88. The maximum Gasteiger partial charge on any atom is 0.112 e. The van der Waals surface area contributed by atoms with Crippen LogP contribution in [0.2, 0.25) is 10.0 Å². The van der Waals surface area contributed by atoms with Crippen LogP contribution in [-0.4, -0.2) is 9.97 Å². The van der Waals surface area contributed by atoms with E-state index in [0.29, 0.717) is 10.0 Å². The molecule has 0 saturated carbocycles. The standard InChI is InChI=1S/C13H14Cl2N2/c1-13(2,3)12-16-7-11(17-12)9-5-4-8(14)6-10(9)15/h4-7H,1-3H3,(H,16,17). The molecule has 1 heterocycles. The molecule has 0 saturated heterocycles. The molecule has 1 aromatic carbocycles. The molecule has 1 N–H and O–H groups in total. The summed E-state index contributed by atoms with van der Waals surface area (Å²) in [7, 11) is 0. The van der Waals surface area contributed by atoms with E-state index >= 15 is 0 Å². The Labute approximate surface area is 111 Å². The van der Waals surface area contributed by atoms with Gasteiger partial charge >= 0.3 is 0 Å². The van der Waals surface area contributed by atoms with Crippen LogP contribution in [0.1, 0.15) is 26.6 Å². The van der Waals surface area contributed by atoms with Gasteiger partial charge in [-0.3, -0.25) is 0 Å². The zero-order chi connectivity index (χ0) is 12.6. The van der Waals surface area contributed by atoms with E-state index in [4.69, 9.17) is 23.2 Å². The molecule has 0 aliphatic carbocycles. The van der Waals surface area contributed by atoms with Gasteiger partial charge in [0.25, 0.3) is 0 Å². The number of hydrogen-bond donors (Lipinski definition) is 1. The predicted molar refractivity (Wildman–Crippen MR) is 72.7 cm³/mol. The molecular weight excluding hydrogens is 255 g/mol. The fourth-order valence-corrected chi connectivity index (χ4v) is 2.05. The van der Waals surface area contributed by atoms with Gasteiger partial charge in [0.2, 0.25) is 0 Å². The van der Waals surface area contributed by atoms with Crippen LogP contribution in [0.4, 0.5) is 0 Å². The van der Waals surface area contributed by atoms with Gasteiger partial charge in [-0.15, -0.1) is 0 Å². The molecule has 1 aromatic heterocycles. The van der Waals surface area contributed by atoms with Crippen LogP contribution in [0.15, 0.2) is 24.4 Å². The first-order valence-corrected chi connectivity index (χ1v) is 6.15. The highest BCUT2D eigenvalue weighted by atomic mass is 35.5. The zero-order valence-electron chi connectivity index (χ0n) is 10.0. The lowest BCUT2D eigenvalue weighted by Crippen LogP contribution is -2.13. The third-order valence-electron chi connectivity index (χ3n) is 2.50. The third kappa shape index (κ3) is 2.64. The van der Waals surface area contributed by atoms with Crippen molar-refractivity contribution >= 4 is 23.2 Å². The van der Waals surface area contributed by atoms with Gasteiger partial charge in [0, 0.05) is 22.2 Å². The summed E-state index contributed by atoms with van der Waals surface area (Å²) in [6.45, 7) is 6.33. The van der Waals surface area contributed by atoms with Gasteiger partial charge in [-0.2, -0.15) is 0 Å². The lowest BCUT2D eigenvalue weighted by molar-refractivity contribution is 0.553. The smallest absolute Gasteiger partial charge is 0.112 e. The number of aromatic amines is 1. The van der Waals surface area contributed by atoms with Gasteiger partial charge in [-0.1, -0.05) is 44.0 Å². The summed E-state index contributed by atoms with van der Waals surface area (Å²) < 4.78 is 0. The molecule has 4 heteroatoms. The van der Waals surface area contributed by atoms with Crippen molar-refractivity contribution in [2.45, 2.75) is 26.2 Å².